The predicted octanol–water partition coefficient (Wildman–Crippen LogP) is 2.06. The standard InChI is InChI=1S/C14H17N5O2S2/c1-3-18-11(10-5-4-8-22-10)16-17-14(18)23-9(2)12(20)19-7-6-15-13(19)21/h4-5,8-9H,3,6-7H2,1-2H3,(H,15,21). The van der Waals surface area contributed by atoms with Crippen molar-refractivity contribution in [2.24, 2.45) is 0 Å². The molecule has 1 fully saturated rings. The predicted molar refractivity (Wildman–Crippen MR) is 89.4 cm³/mol. The molecule has 0 aliphatic carbocycles. The highest BCUT2D eigenvalue weighted by Crippen LogP contribution is 2.29. The Morgan fingerprint density at radius 3 is 2.96 bits per heavy atom. The summed E-state index contributed by atoms with van der Waals surface area (Å²) in [6, 6.07) is 3.65. The van der Waals surface area contributed by atoms with Crippen molar-refractivity contribution in [1.29, 1.82) is 0 Å². The van der Waals surface area contributed by atoms with E-state index >= 15 is 0 Å². The molecule has 122 valence electrons. The average molecular weight is 351 g/mol. The first-order valence-electron chi connectivity index (χ1n) is 7.34. The van der Waals surface area contributed by atoms with Gasteiger partial charge in [-0.05, 0) is 25.3 Å². The van der Waals surface area contributed by atoms with Crippen LogP contribution in [0, 0.1) is 0 Å². The molecule has 1 N–H and O–H groups in total. The summed E-state index contributed by atoms with van der Waals surface area (Å²) < 4.78 is 1.99. The van der Waals surface area contributed by atoms with E-state index in [-0.39, 0.29) is 11.9 Å². The van der Waals surface area contributed by atoms with Crippen molar-refractivity contribution < 1.29 is 9.59 Å². The Balaban J connectivity index is 1.77. The summed E-state index contributed by atoms with van der Waals surface area (Å²) in [6.07, 6.45) is 0. The summed E-state index contributed by atoms with van der Waals surface area (Å²) in [5.41, 5.74) is 0. The normalized spacial score (nSPS) is 15.7. The highest BCUT2D eigenvalue weighted by molar-refractivity contribution is 8.00. The van der Waals surface area contributed by atoms with Crippen molar-refractivity contribution in [1.82, 2.24) is 25.0 Å². The summed E-state index contributed by atoms with van der Waals surface area (Å²) >= 11 is 2.94. The molecule has 7 nitrogen and oxygen atoms in total. The fourth-order valence-corrected chi connectivity index (χ4v) is 4.05. The van der Waals surface area contributed by atoms with Gasteiger partial charge in [-0.25, -0.2) is 4.79 Å². The third-order valence-electron chi connectivity index (χ3n) is 3.53. The molecule has 1 unspecified atom stereocenters. The van der Waals surface area contributed by atoms with E-state index in [1.54, 1.807) is 18.3 Å². The van der Waals surface area contributed by atoms with E-state index in [9.17, 15) is 9.59 Å². The third-order valence-corrected chi connectivity index (χ3v) is 5.46. The van der Waals surface area contributed by atoms with E-state index in [0.29, 0.717) is 24.8 Å². The van der Waals surface area contributed by atoms with Crippen LogP contribution in [0.25, 0.3) is 10.7 Å². The van der Waals surface area contributed by atoms with Crippen LogP contribution in [0.15, 0.2) is 22.7 Å². The monoisotopic (exact) mass is 351 g/mol. The number of nitrogens with one attached hydrogen (secondary N) is 1. The largest absolute Gasteiger partial charge is 0.336 e. The van der Waals surface area contributed by atoms with Gasteiger partial charge in [0.25, 0.3) is 0 Å². The number of hydrogen-bond donors (Lipinski definition) is 1. The van der Waals surface area contributed by atoms with Gasteiger partial charge in [-0.1, -0.05) is 17.8 Å². The van der Waals surface area contributed by atoms with E-state index in [0.717, 1.165) is 10.7 Å². The first-order valence-corrected chi connectivity index (χ1v) is 9.10. The number of carbonyl (C=O) groups excluding carboxylic acids is 2. The SMILES string of the molecule is CCn1c(SC(C)C(=O)N2CCNC2=O)nnc1-c1cccs1. The number of hydrogen-bond acceptors (Lipinski definition) is 6. The lowest BCUT2D eigenvalue weighted by Gasteiger charge is -2.17. The molecule has 1 saturated heterocycles. The molecular weight excluding hydrogens is 334 g/mol. The zero-order valence-electron chi connectivity index (χ0n) is 12.9. The minimum atomic E-state index is -0.399. The Morgan fingerprint density at radius 1 is 1.52 bits per heavy atom. The summed E-state index contributed by atoms with van der Waals surface area (Å²) in [7, 11) is 0. The fourth-order valence-electron chi connectivity index (χ4n) is 2.36. The molecule has 3 heterocycles. The van der Waals surface area contributed by atoms with Crippen LogP contribution in [0.5, 0.6) is 0 Å². The van der Waals surface area contributed by atoms with Crippen molar-refractivity contribution in [2.45, 2.75) is 30.8 Å². The molecule has 23 heavy (non-hydrogen) atoms. The van der Waals surface area contributed by atoms with E-state index in [1.807, 2.05) is 29.0 Å². The summed E-state index contributed by atoms with van der Waals surface area (Å²) in [6.45, 7) is 5.45. The van der Waals surface area contributed by atoms with Crippen molar-refractivity contribution >= 4 is 35.0 Å². The summed E-state index contributed by atoms with van der Waals surface area (Å²) in [4.78, 5) is 26.3. The van der Waals surface area contributed by atoms with Crippen LogP contribution < -0.4 is 5.32 Å². The molecule has 2 aromatic rings. The van der Waals surface area contributed by atoms with Crippen LogP contribution in [0.3, 0.4) is 0 Å². The maximum Gasteiger partial charge on any atom is 0.324 e. The van der Waals surface area contributed by atoms with Crippen LogP contribution in [0.2, 0.25) is 0 Å². The number of carbonyl (C=O) groups is 2. The number of thiophene rings is 1. The lowest BCUT2D eigenvalue weighted by atomic mass is 10.4. The zero-order chi connectivity index (χ0) is 16.4. The van der Waals surface area contributed by atoms with Gasteiger partial charge in [-0.2, -0.15) is 0 Å². The van der Waals surface area contributed by atoms with Gasteiger partial charge < -0.3 is 9.88 Å². The minimum absolute atomic E-state index is 0.201. The lowest BCUT2D eigenvalue weighted by molar-refractivity contribution is -0.126. The minimum Gasteiger partial charge on any atom is -0.336 e. The number of nitrogens with zero attached hydrogens (tertiary/aromatic N) is 4. The van der Waals surface area contributed by atoms with Crippen LogP contribution in [-0.2, 0) is 11.3 Å². The molecule has 0 saturated carbocycles. The van der Waals surface area contributed by atoms with E-state index in [1.165, 1.54) is 16.7 Å². The van der Waals surface area contributed by atoms with Gasteiger partial charge in [0, 0.05) is 19.6 Å². The quantitative estimate of drug-likeness (QED) is 0.834. The van der Waals surface area contributed by atoms with Gasteiger partial charge >= 0.3 is 6.03 Å². The number of amides is 3. The molecule has 2 aromatic heterocycles. The average Bonchev–Trinajstić information content (AvgIpc) is 3.26. The van der Waals surface area contributed by atoms with Crippen molar-refractivity contribution in [2.75, 3.05) is 13.1 Å². The number of rotatable bonds is 5. The molecule has 3 rings (SSSR count). The Morgan fingerprint density at radius 2 is 2.35 bits per heavy atom. The highest BCUT2D eigenvalue weighted by atomic mass is 32.2. The number of imide groups is 1. The Hall–Kier alpha value is -1.87. The maximum atomic E-state index is 12.4. The van der Waals surface area contributed by atoms with Crippen LogP contribution in [-0.4, -0.2) is 49.9 Å². The van der Waals surface area contributed by atoms with Crippen molar-refractivity contribution in [3.8, 4) is 10.7 Å². The van der Waals surface area contributed by atoms with Gasteiger partial charge in [0.2, 0.25) is 5.91 Å². The molecule has 0 radical (unpaired) electrons. The Labute approximate surface area is 142 Å². The second-order valence-corrected chi connectivity index (χ2v) is 7.27. The first kappa shape index (κ1) is 16.0. The lowest BCUT2D eigenvalue weighted by Crippen LogP contribution is -2.39. The highest BCUT2D eigenvalue weighted by Gasteiger charge is 2.31. The van der Waals surface area contributed by atoms with E-state index < -0.39 is 5.25 Å². The van der Waals surface area contributed by atoms with Crippen LogP contribution >= 0.6 is 23.1 Å². The summed E-state index contributed by atoms with van der Waals surface area (Å²) in [5.74, 6) is 0.608. The van der Waals surface area contributed by atoms with Crippen LogP contribution in [0.1, 0.15) is 13.8 Å². The van der Waals surface area contributed by atoms with Crippen molar-refractivity contribution in [3.05, 3.63) is 17.5 Å². The molecular formula is C14H17N5O2S2. The number of thioether (sulfide) groups is 1. The van der Waals surface area contributed by atoms with Gasteiger partial charge in [-0.15, -0.1) is 21.5 Å². The van der Waals surface area contributed by atoms with Gasteiger partial charge in [0.1, 0.15) is 0 Å². The molecule has 3 amide bonds. The Bertz CT molecular complexity index is 713. The number of aromatic nitrogens is 3. The molecule has 1 atom stereocenters. The molecule has 0 aromatic carbocycles. The second-order valence-electron chi connectivity index (χ2n) is 5.01. The fraction of sp³-hybridized carbons (Fsp3) is 0.429. The van der Waals surface area contributed by atoms with Gasteiger partial charge in [0.05, 0.1) is 10.1 Å². The second kappa shape index (κ2) is 6.71. The molecule has 1 aliphatic rings. The topological polar surface area (TPSA) is 80.1 Å². The molecule has 0 bridgehead atoms. The third kappa shape index (κ3) is 3.11. The summed E-state index contributed by atoms with van der Waals surface area (Å²) in [5, 5.41) is 13.4. The van der Waals surface area contributed by atoms with Crippen LogP contribution in [0.4, 0.5) is 4.79 Å². The maximum absolute atomic E-state index is 12.4. The van der Waals surface area contributed by atoms with E-state index in [4.69, 9.17) is 0 Å². The molecule has 9 heteroatoms. The Kier molecular flexibility index (Phi) is 4.67. The smallest absolute Gasteiger partial charge is 0.324 e. The first-order chi connectivity index (χ1) is 11.1. The van der Waals surface area contributed by atoms with Gasteiger partial charge in [0.15, 0.2) is 11.0 Å². The zero-order valence-corrected chi connectivity index (χ0v) is 14.5. The number of urea groups is 1. The molecule has 1 aliphatic heterocycles. The molecule has 0 spiro atoms. The van der Waals surface area contributed by atoms with Gasteiger partial charge in [-0.3, -0.25) is 9.69 Å². The van der Waals surface area contributed by atoms with E-state index in [2.05, 4.69) is 15.5 Å². The van der Waals surface area contributed by atoms with Crippen molar-refractivity contribution in [3.63, 3.8) is 0 Å².